The summed E-state index contributed by atoms with van der Waals surface area (Å²) in [5.74, 6) is -0.296. The Morgan fingerprint density at radius 3 is 2.79 bits per heavy atom. The number of aromatic nitrogens is 1. The Labute approximate surface area is 112 Å². The molecule has 1 N–H and O–H groups in total. The zero-order valence-corrected chi connectivity index (χ0v) is 11.7. The van der Waals surface area contributed by atoms with Gasteiger partial charge in [-0.1, -0.05) is 12.1 Å². The zero-order valence-electron chi connectivity index (χ0n) is 11.7. The Morgan fingerprint density at radius 2 is 2.11 bits per heavy atom. The second-order valence-electron chi connectivity index (χ2n) is 5.26. The second kappa shape index (κ2) is 5.13. The SMILES string of the molecule is COC(C)(C)CNc1cc(C)nc2c(F)cccc12. The van der Waals surface area contributed by atoms with Crippen molar-refractivity contribution in [3.05, 3.63) is 35.8 Å². The highest BCUT2D eigenvalue weighted by Crippen LogP contribution is 2.25. The summed E-state index contributed by atoms with van der Waals surface area (Å²) in [6.45, 7) is 6.49. The van der Waals surface area contributed by atoms with Crippen molar-refractivity contribution in [3.8, 4) is 0 Å². The average Bonchev–Trinajstić information content (AvgIpc) is 2.37. The summed E-state index contributed by atoms with van der Waals surface area (Å²) in [6.07, 6.45) is 0. The Balaban J connectivity index is 2.40. The van der Waals surface area contributed by atoms with Gasteiger partial charge in [0.2, 0.25) is 0 Å². The minimum absolute atomic E-state index is 0.281. The van der Waals surface area contributed by atoms with E-state index < -0.39 is 0 Å². The molecule has 0 aliphatic rings. The van der Waals surface area contributed by atoms with Gasteiger partial charge in [-0.2, -0.15) is 0 Å². The molecule has 4 heteroatoms. The van der Waals surface area contributed by atoms with Crippen LogP contribution in [-0.2, 0) is 4.74 Å². The Hall–Kier alpha value is -1.68. The number of hydrogen-bond donors (Lipinski definition) is 1. The highest BCUT2D eigenvalue weighted by atomic mass is 19.1. The molecular weight excluding hydrogens is 243 g/mol. The molecule has 0 amide bonds. The maximum atomic E-state index is 13.8. The van der Waals surface area contributed by atoms with Crippen LogP contribution in [0.1, 0.15) is 19.5 Å². The number of fused-ring (bicyclic) bond motifs is 1. The number of pyridine rings is 1. The number of nitrogens with one attached hydrogen (secondary N) is 1. The van der Waals surface area contributed by atoms with Crippen molar-refractivity contribution in [2.75, 3.05) is 19.0 Å². The normalized spacial score (nSPS) is 11.8. The van der Waals surface area contributed by atoms with Crippen LogP contribution in [0.2, 0.25) is 0 Å². The van der Waals surface area contributed by atoms with Gasteiger partial charge < -0.3 is 10.1 Å². The van der Waals surface area contributed by atoms with Crippen molar-refractivity contribution < 1.29 is 9.13 Å². The van der Waals surface area contributed by atoms with Crippen molar-refractivity contribution >= 4 is 16.6 Å². The molecule has 2 aromatic rings. The molecule has 19 heavy (non-hydrogen) atoms. The topological polar surface area (TPSA) is 34.1 Å². The van der Waals surface area contributed by atoms with Gasteiger partial charge in [0.25, 0.3) is 0 Å². The number of ether oxygens (including phenoxy) is 1. The quantitative estimate of drug-likeness (QED) is 0.915. The highest BCUT2D eigenvalue weighted by molar-refractivity contribution is 5.91. The van der Waals surface area contributed by atoms with Gasteiger partial charge in [-0.15, -0.1) is 0 Å². The molecule has 0 saturated carbocycles. The maximum Gasteiger partial charge on any atom is 0.149 e. The van der Waals surface area contributed by atoms with Crippen molar-refractivity contribution in [1.82, 2.24) is 4.98 Å². The lowest BCUT2D eigenvalue weighted by atomic mass is 10.1. The molecule has 0 atom stereocenters. The van der Waals surface area contributed by atoms with Gasteiger partial charge in [0.1, 0.15) is 11.3 Å². The number of nitrogens with zero attached hydrogens (tertiary/aromatic N) is 1. The number of methoxy groups -OCH3 is 1. The zero-order chi connectivity index (χ0) is 14.0. The van der Waals surface area contributed by atoms with Gasteiger partial charge >= 0.3 is 0 Å². The molecule has 3 nitrogen and oxygen atoms in total. The van der Waals surface area contributed by atoms with Gasteiger partial charge in [-0.3, -0.25) is 0 Å². The molecule has 0 saturated heterocycles. The number of halogens is 1. The van der Waals surface area contributed by atoms with E-state index in [0.717, 1.165) is 16.8 Å². The van der Waals surface area contributed by atoms with Crippen molar-refractivity contribution in [1.29, 1.82) is 0 Å². The molecule has 2 rings (SSSR count). The van der Waals surface area contributed by atoms with E-state index >= 15 is 0 Å². The number of rotatable bonds is 4. The van der Waals surface area contributed by atoms with Crippen LogP contribution < -0.4 is 5.32 Å². The number of aryl methyl sites for hydroxylation is 1. The van der Waals surface area contributed by atoms with Crippen LogP contribution in [0.25, 0.3) is 10.9 Å². The first-order valence-electron chi connectivity index (χ1n) is 6.28. The largest absolute Gasteiger partial charge is 0.382 e. The molecule has 0 radical (unpaired) electrons. The van der Waals surface area contributed by atoms with Crippen molar-refractivity contribution in [2.24, 2.45) is 0 Å². The molecule has 0 fully saturated rings. The van der Waals surface area contributed by atoms with E-state index in [9.17, 15) is 4.39 Å². The fourth-order valence-corrected chi connectivity index (χ4v) is 1.87. The van der Waals surface area contributed by atoms with E-state index in [2.05, 4.69) is 10.3 Å². The molecule has 0 spiro atoms. The maximum absolute atomic E-state index is 13.8. The van der Waals surface area contributed by atoms with Crippen LogP contribution in [0.15, 0.2) is 24.3 Å². The van der Waals surface area contributed by atoms with Crippen molar-refractivity contribution in [3.63, 3.8) is 0 Å². The highest BCUT2D eigenvalue weighted by Gasteiger charge is 2.17. The van der Waals surface area contributed by atoms with Crippen LogP contribution in [0.3, 0.4) is 0 Å². The van der Waals surface area contributed by atoms with E-state index in [1.807, 2.05) is 32.9 Å². The van der Waals surface area contributed by atoms with E-state index in [-0.39, 0.29) is 11.4 Å². The number of hydrogen-bond acceptors (Lipinski definition) is 3. The van der Waals surface area contributed by atoms with Gasteiger partial charge in [0.15, 0.2) is 0 Å². The lowest BCUT2D eigenvalue weighted by Crippen LogP contribution is -2.32. The molecule has 0 bridgehead atoms. The van der Waals surface area contributed by atoms with E-state index in [0.29, 0.717) is 12.1 Å². The van der Waals surface area contributed by atoms with Crippen LogP contribution in [0.5, 0.6) is 0 Å². The Bertz CT molecular complexity index is 596. The first-order valence-corrected chi connectivity index (χ1v) is 6.28. The molecule has 1 aromatic heterocycles. The minimum atomic E-state index is -0.296. The third-order valence-corrected chi connectivity index (χ3v) is 3.18. The van der Waals surface area contributed by atoms with Gasteiger partial charge in [-0.25, -0.2) is 9.37 Å². The first kappa shape index (κ1) is 13.7. The summed E-state index contributed by atoms with van der Waals surface area (Å²) in [5, 5.41) is 4.10. The number of anilines is 1. The first-order chi connectivity index (χ1) is 8.93. The molecular formula is C15H19FN2O. The summed E-state index contributed by atoms with van der Waals surface area (Å²) < 4.78 is 19.1. The van der Waals surface area contributed by atoms with Gasteiger partial charge in [0.05, 0.1) is 5.60 Å². The number of para-hydroxylation sites is 1. The van der Waals surface area contributed by atoms with Gasteiger partial charge in [-0.05, 0) is 32.9 Å². The monoisotopic (exact) mass is 262 g/mol. The summed E-state index contributed by atoms with van der Waals surface area (Å²) in [4.78, 5) is 4.25. The van der Waals surface area contributed by atoms with Crippen LogP contribution in [-0.4, -0.2) is 24.2 Å². The lowest BCUT2D eigenvalue weighted by molar-refractivity contribution is 0.0344. The number of benzene rings is 1. The lowest BCUT2D eigenvalue weighted by Gasteiger charge is -2.24. The summed E-state index contributed by atoms with van der Waals surface area (Å²) >= 11 is 0. The molecule has 1 aromatic carbocycles. The second-order valence-corrected chi connectivity index (χ2v) is 5.26. The smallest absolute Gasteiger partial charge is 0.149 e. The summed E-state index contributed by atoms with van der Waals surface area (Å²) in [6, 6.07) is 6.92. The molecule has 0 aliphatic carbocycles. The fourth-order valence-electron chi connectivity index (χ4n) is 1.87. The average molecular weight is 262 g/mol. The van der Waals surface area contributed by atoms with E-state index in [1.54, 1.807) is 13.2 Å². The predicted molar refractivity (Wildman–Crippen MR) is 76.0 cm³/mol. The Kier molecular flexibility index (Phi) is 3.71. The summed E-state index contributed by atoms with van der Waals surface area (Å²) in [7, 11) is 1.68. The van der Waals surface area contributed by atoms with E-state index in [1.165, 1.54) is 6.07 Å². The third-order valence-electron chi connectivity index (χ3n) is 3.18. The van der Waals surface area contributed by atoms with Gasteiger partial charge in [0, 0.05) is 30.4 Å². The molecule has 1 heterocycles. The standard InChI is InChI=1S/C15H19FN2O/c1-10-8-13(17-9-15(2,3)19-4)11-6-5-7-12(16)14(11)18-10/h5-8H,9H2,1-4H3,(H,17,18). The Morgan fingerprint density at radius 1 is 1.37 bits per heavy atom. The molecule has 102 valence electrons. The summed E-state index contributed by atoms with van der Waals surface area (Å²) in [5.41, 5.74) is 1.79. The van der Waals surface area contributed by atoms with Crippen molar-refractivity contribution in [2.45, 2.75) is 26.4 Å². The van der Waals surface area contributed by atoms with Crippen LogP contribution in [0, 0.1) is 12.7 Å². The fraction of sp³-hybridized carbons (Fsp3) is 0.400. The van der Waals surface area contributed by atoms with E-state index in [4.69, 9.17) is 4.74 Å². The third kappa shape index (κ3) is 3.01. The molecule has 0 unspecified atom stereocenters. The predicted octanol–water partition coefficient (Wildman–Crippen LogP) is 3.52. The van der Waals surface area contributed by atoms with Crippen LogP contribution >= 0.6 is 0 Å². The minimum Gasteiger partial charge on any atom is -0.382 e. The molecule has 0 aliphatic heterocycles. The van der Waals surface area contributed by atoms with Crippen LogP contribution in [0.4, 0.5) is 10.1 Å².